The SMILES string of the molecule is CC1(c2ccccc2)CN(CC(=O)Nc2ccc(C(F)(F)F)cc2F)N=C1c1ccc(C(F)(F)F)c(Cl)c1. The van der Waals surface area contributed by atoms with Gasteiger partial charge in [0.1, 0.15) is 12.4 Å². The smallest absolute Gasteiger partial charge is 0.322 e. The van der Waals surface area contributed by atoms with Crippen LogP contribution < -0.4 is 5.32 Å². The van der Waals surface area contributed by atoms with Gasteiger partial charge in [-0.1, -0.05) is 48.0 Å². The molecule has 0 aromatic heterocycles. The second-order valence-electron chi connectivity index (χ2n) is 8.90. The molecule has 0 spiro atoms. The number of hydrazone groups is 1. The number of benzene rings is 3. The third-order valence-corrected chi connectivity index (χ3v) is 6.43. The van der Waals surface area contributed by atoms with Crippen LogP contribution in [0.4, 0.5) is 36.4 Å². The monoisotopic (exact) mass is 557 g/mol. The molecule has 3 aromatic carbocycles. The van der Waals surface area contributed by atoms with Gasteiger partial charge in [-0.25, -0.2) is 4.39 Å². The molecule has 1 amide bonds. The van der Waals surface area contributed by atoms with E-state index in [9.17, 15) is 35.5 Å². The standard InChI is InChI=1S/C26H19ClF7N3O/c1-24(16-5-3-2-4-6-16)14-37(36-23(24)15-7-9-18(19(27)11-15)26(32,33)34)13-22(38)35-21-10-8-17(12-20(21)28)25(29,30)31/h2-12H,13-14H2,1H3,(H,35,38). The fourth-order valence-electron chi connectivity index (χ4n) is 4.27. The molecule has 4 nitrogen and oxygen atoms in total. The molecular formula is C26H19ClF7N3O. The summed E-state index contributed by atoms with van der Waals surface area (Å²) in [5, 5.41) is 7.55. The summed E-state index contributed by atoms with van der Waals surface area (Å²) in [6, 6.07) is 14.0. The van der Waals surface area contributed by atoms with E-state index in [-0.39, 0.29) is 12.6 Å². The fourth-order valence-corrected chi connectivity index (χ4v) is 4.56. The van der Waals surface area contributed by atoms with E-state index in [1.54, 1.807) is 25.1 Å². The van der Waals surface area contributed by atoms with Crippen LogP contribution in [0.1, 0.15) is 29.2 Å². The number of carbonyl (C=O) groups is 1. The molecule has 0 saturated heterocycles. The Morgan fingerprint density at radius 1 is 1.00 bits per heavy atom. The fraction of sp³-hybridized carbons (Fsp3) is 0.231. The topological polar surface area (TPSA) is 44.7 Å². The highest BCUT2D eigenvalue weighted by molar-refractivity contribution is 6.32. The van der Waals surface area contributed by atoms with Gasteiger partial charge in [0.2, 0.25) is 5.91 Å². The van der Waals surface area contributed by atoms with E-state index in [1.807, 2.05) is 12.1 Å². The van der Waals surface area contributed by atoms with Crippen LogP contribution in [-0.2, 0) is 22.6 Å². The van der Waals surface area contributed by atoms with E-state index < -0.39 is 57.9 Å². The molecule has 1 aliphatic rings. The molecule has 1 heterocycles. The van der Waals surface area contributed by atoms with Crippen molar-refractivity contribution in [2.45, 2.75) is 24.7 Å². The average Bonchev–Trinajstić information content (AvgIpc) is 3.16. The van der Waals surface area contributed by atoms with Crippen LogP contribution in [0.25, 0.3) is 0 Å². The minimum atomic E-state index is -4.74. The van der Waals surface area contributed by atoms with E-state index >= 15 is 0 Å². The molecular weight excluding hydrogens is 539 g/mol. The lowest BCUT2D eigenvalue weighted by Gasteiger charge is -2.27. The van der Waals surface area contributed by atoms with Crippen molar-refractivity contribution in [1.29, 1.82) is 0 Å². The van der Waals surface area contributed by atoms with E-state index in [0.29, 0.717) is 17.3 Å². The quantitative estimate of drug-likeness (QED) is 0.339. The van der Waals surface area contributed by atoms with Gasteiger partial charge in [-0.3, -0.25) is 9.80 Å². The molecule has 0 fully saturated rings. The Hall–Kier alpha value is -3.60. The van der Waals surface area contributed by atoms with Gasteiger partial charge in [-0.15, -0.1) is 0 Å². The average molecular weight is 558 g/mol. The van der Waals surface area contributed by atoms with Gasteiger partial charge in [0.05, 0.1) is 39.5 Å². The van der Waals surface area contributed by atoms with Gasteiger partial charge in [-0.2, -0.15) is 31.4 Å². The number of alkyl halides is 6. The second-order valence-corrected chi connectivity index (χ2v) is 9.31. The molecule has 12 heteroatoms. The van der Waals surface area contributed by atoms with Crippen LogP contribution in [0.2, 0.25) is 5.02 Å². The zero-order chi connectivity index (χ0) is 27.9. The lowest BCUT2D eigenvalue weighted by Crippen LogP contribution is -2.38. The largest absolute Gasteiger partial charge is 0.417 e. The third-order valence-electron chi connectivity index (χ3n) is 6.12. The van der Waals surface area contributed by atoms with Crippen LogP contribution in [0.5, 0.6) is 0 Å². The maximum absolute atomic E-state index is 14.2. The van der Waals surface area contributed by atoms with E-state index in [4.69, 9.17) is 11.6 Å². The number of anilines is 1. The van der Waals surface area contributed by atoms with Crippen LogP contribution in [-0.4, -0.2) is 29.7 Å². The molecule has 0 radical (unpaired) electrons. The zero-order valence-electron chi connectivity index (χ0n) is 19.6. The molecule has 1 atom stereocenters. The zero-order valence-corrected chi connectivity index (χ0v) is 20.3. The highest BCUT2D eigenvalue weighted by atomic mass is 35.5. The summed E-state index contributed by atoms with van der Waals surface area (Å²) in [5.41, 5.74) is -2.07. The summed E-state index contributed by atoms with van der Waals surface area (Å²) < 4.78 is 92.2. The summed E-state index contributed by atoms with van der Waals surface area (Å²) >= 11 is 5.94. The van der Waals surface area contributed by atoms with Crippen molar-refractivity contribution in [2.75, 3.05) is 18.4 Å². The molecule has 0 aliphatic carbocycles. The van der Waals surface area contributed by atoms with Gasteiger partial charge in [0.25, 0.3) is 0 Å². The molecule has 4 rings (SSSR count). The van der Waals surface area contributed by atoms with Crippen LogP contribution in [0.3, 0.4) is 0 Å². The summed E-state index contributed by atoms with van der Waals surface area (Å²) in [6.45, 7) is 1.54. The first kappa shape index (κ1) is 27.4. The Kier molecular flexibility index (Phi) is 7.17. The van der Waals surface area contributed by atoms with Crippen molar-refractivity contribution in [3.8, 4) is 0 Å². The molecule has 1 N–H and O–H groups in total. The van der Waals surface area contributed by atoms with Crippen LogP contribution in [0, 0.1) is 5.82 Å². The lowest BCUT2D eigenvalue weighted by atomic mass is 9.76. The third kappa shape index (κ3) is 5.62. The molecule has 200 valence electrons. The summed E-state index contributed by atoms with van der Waals surface area (Å²) in [6.07, 6.45) is -9.39. The van der Waals surface area contributed by atoms with Gasteiger partial charge in [-0.05, 0) is 42.8 Å². The molecule has 0 bridgehead atoms. The maximum atomic E-state index is 14.2. The summed E-state index contributed by atoms with van der Waals surface area (Å²) in [7, 11) is 0. The summed E-state index contributed by atoms with van der Waals surface area (Å²) in [4.78, 5) is 12.6. The van der Waals surface area contributed by atoms with Crippen molar-refractivity contribution in [2.24, 2.45) is 5.10 Å². The van der Waals surface area contributed by atoms with E-state index in [1.165, 1.54) is 11.1 Å². The molecule has 3 aromatic rings. The molecule has 0 saturated carbocycles. The number of nitrogens with zero attached hydrogens (tertiary/aromatic N) is 2. The molecule has 1 unspecified atom stereocenters. The van der Waals surface area contributed by atoms with Gasteiger partial charge in [0, 0.05) is 5.56 Å². The number of hydrogen-bond acceptors (Lipinski definition) is 3. The first-order chi connectivity index (χ1) is 17.7. The van der Waals surface area contributed by atoms with Crippen molar-refractivity contribution in [3.63, 3.8) is 0 Å². The minimum Gasteiger partial charge on any atom is -0.322 e. The maximum Gasteiger partial charge on any atom is 0.417 e. The van der Waals surface area contributed by atoms with Gasteiger partial charge < -0.3 is 5.32 Å². The Morgan fingerprint density at radius 3 is 2.26 bits per heavy atom. The van der Waals surface area contributed by atoms with Crippen molar-refractivity contribution < 1.29 is 35.5 Å². The van der Waals surface area contributed by atoms with Crippen molar-refractivity contribution >= 4 is 28.9 Å². The predicted molar refractivity (Wildman–Crippen MR) is 128 cm³/mol. The number of halogens is 8. The van der Waals surface area contributed by atoms with Gasteiger partial charge in [0.15, 0.2) is 0 Å². The number of nitrogens with one attached hydrogen (secondary N) is 1. The first-order valence-electron chi connectivity index (χ1n) is 11.1. The Balaban J connectivity index is 1.62. The van der Waals surface area contributed by atoms with E-state index in [2.05, 4.69) is 10.4 Å². The predicted octanol–water partition coefficient (Wildman–Crippen LogP) is 7.13. The van der Waals surface area contributed by atoms with Gasteiger partial charge >= 0.3 is 12.4 Å². The number of carbonyl (C=O) groups excluding carboxylic acids is 1. The van der Waals surface area contributed by atoms with Crippen LogP contribution in [0.15, 0.2) is 71.8 Å². The first-order valence-corrected chi connectivity index (χ1v) is 11.5. The van der Waals surface area contributed by atoms with Crippen molar-refractivity contribution in [3.05, 3.63) is 99.8 Å². The normalized spacial score (nSPS) is 17.9. The number of hydrogen-bond donors (Lipinski definition) is 1. The lowest BCUT2D eigenvalue weighted by molar-refractivity contribution is -0.138. The van der Waals surface area contributed by atoms with Crippen molar-refractivity contribution in [1.82, 2.24) is 5.01 Å². The second kappa shape index (κ2) is 9.94. The molecule has 38 heavy (non-hydrogen) atoms. The van der Waals surface area contributed by atoms with Crippen LogP contribution >= 0.6 is 11.6 Å². The Morgan fingerprint density at radius 2 is 1.68 bits per heavy atom. The number of amides is 1. The highest BCUT2D eigenvalue weighted by Gasteiger charge is 2.42. The number of rotatable bonds is 5. The highest BCUT2D eigenvalue weighted by Crippen LogP contribution is 2.39. The summed E-state index contributed by atoms with van der Waals surface area (Å²) in [5.74, 6) is -2.01. The van der Waals surface area contributed by atoms with E-state index in [0.717, 1.165) is 23.8 Å². The Bertz CT molecular complexity index is 1390. The Labute approximate surface area is 217 Å². The minimum absolute atomic E-state index is 0.133. The molecule has 1 aliphatic heterocycles.